The number of benzene rings is 2. The van der Waals surface area contributed by atoms with Crippen molar-refractivity contribution in [2.75, 3.05) is 6.61 Å². The summed E-state index contributed by atoms with van der Waals surface area (Å²) in [6.07, 6.45) is 0.201. The molecule has 2 fully saturated rings. The molecule has 1 N–H and O–H groups in total. The zero-order chi connectivity index (χ0) is 23.0. The van der Waals surface area contributed by atoms with Gasteiger partial charge in [-0.25, -0.2) is 14.4 Å². The lowest BCUT2D eigenvalue weighted by atomic mass is 10.1. The quantitative estimate of drug-likeness (QED) is 0.573. The lowest BCUT2D eigenvalue weighted by Crippen LogP contribution is -2.37. The minimum absolute atomic E-state index is 0.166. The molecular weight excluding hydrogens is 428 g/mol. The van der Waals surface area contributed by atoms with Crippen molar-refractivity contribution in [1.82, 2.24) is 9.55 Å². The molecule has 168 valence electrons. The van der Waals surface area contributed by atoms with Crippen LogP contribution in [0, 0.1) is 5.92 Å². The lowest BCUT2D eigenvalue weighted by molar-refractivity contribution is -0.0904. The highest BCUT2D eigenvalue weighted by Crippen LogP contribution is 2.62. The van der Waals surface area contributed by atoms with Crippen molar-refractivity contribution in [3.05, 3.63) is 105 Å². The number of aromatic nitrogens is 2. The molecular formula is C24H20N2O7. The number of nitrogens with zero attached hydrogens (tertiary/aromatic N) is 1. The number of ether oxygens (including phenoxy) is 3. The van der Waals surface area contributed by atoms with Crippen LogP contribution in [0.25, 0.3) is 0 Å². The van der Waals surface area contributed by atoms with Crippen LogP contribution >= 0.6 is 0 Å². The third-order valence-electron chi connectivity index (χ3n) is 5.99. The van der Waals surface area contributed by atoms with E-state index in [4.69, 9.17) is 14.2 Å². The average Bonchev–Trinajstić information content (AvgIpc) is 3.47. The summed E-state index contributed by atoms with van der Waals surface area (Å²) in [5, 5.41) is 0. The van der Waals surface area contributed by atoms with Gasteiger partial charge >= 0.3 is 17.6 Å². The minimum Gasteiger partial charge on any atom is -0.459 e. The molecule has 2 aliphatic rings. The highest BCUT2D eigenvalue weighted by molar-refractivity contribution is 5.90. The summed E-state index contributed by atoms with van der Waals surface area (Å²) in [4.78, 5) is 51.2. The van der Waals surface area contributed by atoms with Crippen LogP contribution < -0.4 is 11.2 Å². The van der Waals surface area contributed by atoms with E-state index >= 15 is 0 Å². The van der Waals surface area contributed by atoms with Gasteiger partial charge in [-0.2, -0.15) is 0 Å². The largest absolute Gasteiger partial charge is 0.459 e. The van der Waals surface area contributed by atoms with Crippen LogP contribution in [0.15, 0.2) is 82.5 Å². The maximum Gasteiger partial charge on any atom is 0.338 e. The van der Waals surface area contributed by atoms with E-state index in [0.717, 1.165) is 0 Å². The minimum atomic E-state index is -1.05. The molecule has 2 aromatic carbocycles. The highest BCUT2D eigenvalue weighted by atomic mass is 16.6. The Hall–Kier alpha value is -3.98. The Bertz CT molecular complexity index is 1300. The van der Waals surface area contributed by atoms with Gasteiger partial charge in [-0.1, -0.05) is 36.4 Å². The van der Waals surface area contributed by atoms with Crippen molar-refractivity contribution < 1.29 is 23.8 Å². The van der Waals surface area contributed by atoms with Crippen LogP contribution in [0.4, 0.5) is 0 Å². The van der Waals surface area contributed by atoms with Crippen molar-refractivity contribution in [2.45, 2.75) is 24.4 Å². The Kier molecular flexibility index (Phi) is 5.18. The smallest absolute Gasteiger partial charge is 0.338 e. The summed E-state index contributed by atoms with van der Waals surface area (Å²) in [6.45, 7) is -0.166. The van der Waals surface area contributed by atoms with Gasteiger partial charge in [-0.3, -0.25) is 14.3 Å². The number of nitrogens with one attached hydrogen (secondary N) is 1. The first kappa shape index (κ1) is 20.9. The van der Waals surface area contributed by atoms with E-state index in [2.05, 4.69) is 4.98 Å². The second kappa shape index (κ2) is 8.18. The van der Waals surface area contributed by atoms with Crippen molar-refractivity contribution in [2.24, 2.45) is 5.92 Å². The molecule has 0 bridgehead atoms. The van der Waals surface area contributed by atoms with Crippen LogP contribution in [-0.2, 0) is 14.2 Å². The SMILES string of the molecule is O=C(OC[C@H]1O[C@@H](n2ccc(=O)[nH]c2=O)[C@H]2C[C@@]21OC(=O)c1ccccc1)c1ccccc1. The topological polar surface area (TPSA) is 117 Å². The van der Waals surface area contributed by atoms with E-state index in [1.807, 2.05) is 0 Å². The molecule has 1 saturated carbocycles. The van der Waals surface area contributed by atoms with Crippen LogP contribution in [0.5, 0.6) is 0 Å². The molecule has 1 aliphatic heterocycles. The van der Waals surface area contributed by atoms with Gasteiger partial charge in [-0.05, 0) is 24.3 Å². The molecule has 5 rings (SSSR count). The molecule has 4 atom stereocenters. The third kappa shape index (κ3) is 3.87. The predicted octanol–water partition coefficient (Wildman–Crippen LogP) is 1.91. The number of rotatable bonds is 6. The Morgan fingerprint density at radius 3 is 2.24 bits per heavy atom. The van der Waals surface area contributed by atoms with E-state index in [1.54, 1.807) is 60.7 Å². The first-order chi connectivity index (χ1) is 16.0. The molecule has 33 heavy (non-hydrogen) atoms. The molecule has 1 saturated heterocycles. The second-order valence-electron chi connectivity index (χ2n) is 8.02. The fraction of sp³-hybridized carbons (Fsp3) is 0.250. The van der Waals surface area contributed by atoms with Gasteiger partial charge in [0.05, 0.1) is 17.0 Å². The first-order valence-electron chi connectivity index (χ1n) is 10.5. The van der Waals surface area contributed by atoms with E-state index in [-0.39, 0.29) is 12.5 Å². The predicted molar refractivity (Wildman–Crippen MR) is 115 cm³/mol. The van der Waals surface area contributed by atoms with E-state index < -0.39 is 41.1 Å². The molecule has 9 heteroatoms. The monoisotopic (exact) mass is 448 g/mol. The summed E-state index contributed by atoms with van der Waals surface area (Å²) in [5.74, 6) is -1.41. The van der Waals surface area contributed by atoms with E-state index in [0.29, 0.717) is 17.5 Å². The van der Waals surface area contributed by atoms with Gasteiger partial charge in [0, 0.05) is 18.7 Å². The van der Waals surface area contributed by atoms with E-state index in [9.17, 15) is 19.2 Å². The molecule has 2 heterocycles. The fourth-order valence-corrected chi connectivity index (χ4v) is 4.24. The maximum absolute atomic E-state index is 12.8. The number of H-pyrrole nitrogens is 1. The Labute approximate surface area is 187 Å². The van der Waals surface area contributed by atoms with Gasteiger partial charge in [0.15, 0.2) is 0 Å². The summed E-state index contributed by atoms with van der Waals surface area (Å²) >= 11 is 0. The molecule has 1 aromatic heterocycles. The lowest BCUT2D eigenvalue weighted by Gasteiger charge is -2.24. The van der Waals surface area contributed by atoms with Crippen LogP contribution in [-0.4, -0.2) is 39.8 Å². The standard InChI is InChI=1S/C24H20N2O7/c27-19-11-12-26(23(30)25-19)20-17-13-24(17,33-22(29)16-9-5-2-6-10-16)18(32-20)14-31-21(28)15-7-3-1-4-8-15/h1-12,17-18,20H,13-14H2,(H,25,27,30)/t17-,18-,20-,24-/m1/s1. The molecule has 0 radical (unpaired) electrons. The summed E-state index contributed by atoms with van der Waals surface area (Å²) in [6, 6.07) is 18.2. The van der Waals surface area contributed by atoms with Gasteiger partial charge < -0.3 is 14.2 Å². The maximum atomic E-state index is 12.8. The highest BCUT2D eigenvalue weighted by Gasteiger charge is 2.73. The Balaban J connectivity index is 1.39. The number of carbonyl (C=O) groups excluding carboxylic acids is 2. The molecule has 9 nitrogen and oxygen atoms in total. The number of carbonyl (C=O) groups is 2. The van der Waals surface area contributed by atoms with Crippen LogP contribution in [0.1, 0.15) is 33.4 Å². The molecule has 1 aliphatic carbocycles. The van der Waals surface area contributed by atoms with Crippen molar-refractivity contribution in [3.63, 3.8) is 0 Å². The number of esters is 2. The third-order valence-corrected chi connectivity index (χ3v) is 5.99. The summed E-state index contributed by atoms with van der Waals surface area (Å²) in [5.41, 5.74) is -1.46. The second-order valence-corrected chi connectivity index (χ2v) is 8.02. The summed E-state index contributed by atoms with van der Waals surface area (Å²) in [7, 11) is 0. The van der Waals surface area contributed by atoms with Gasteiger partial charge in [-0.15, -0.1) is 0 Å². The Morgan fingerprint density at radius 1 is 0.970 bits per heavy atom. The molecule has 3 aromatic rings. The number of hydrogen-bond donors (Lipinski definition) is 1. The fourth-order valence-electron chi connectivity index (χ4n) is 4.24. The summed E-state index contributed by atoms with van der Waals surface area (Å²) < 4.78 is 18.6. The van der Waals surface area contributed by atoms with Gasteiger partial charge in [0.25, 0.3) is 5.56 Å². The molecule has 0 amide bonds. The zero-order valence-electron chi connectivity index (χ0n) is 17.4. The normalized spacial score (nSPS) is 25.2. The van der Waals surface area contributed by atoms with Crippen LogP contribution in [0.3, 0.4) is 0 Å². The Morgan fingerprint density at radius 2 is 1.61 bits per heavy atom. The average molecular weight is 448 g/mol. The van der Waals surface area contributed by atoms with Crippen molar-refractivity contribution >= 4 is 11.9 Å². The molecule has 0 unspecified atom stereocenters. The van der Waals surface area contributed by atoms with Crippen molar-refractivity contribution in [1.29, 1.82) is 0 Å². The number of aromatic amines is 1. The molecule has 0 spiro atoms. The first-order valence-corrected chi connectivity index (χ1v) is 10.5. The zero-order valence-corrected chi connectivity index (χ0v) is 17.4. The van der Waals surface area contributed by atoms with Gasteiger partial charge in [0.1, 0.15) is 24.5 Å². The van der Waals surface area contributed by atoms with Crippen LogP contribution in [0.2, 0.25) is 0 Å². The van der Waals surface area contributed by atoms with Crippen molar-refractivity contribution in [3.8, 4) is 0 Å². The number of fused-ring (bicyclic) bond motifs is 1. The number of hydrogen-bond acceptors (Lipinski definition) is 7. The van der Waals surface area contributed by atoms with E-state index in [1.165, 1.54) is 16.8 Å². The van der Waals surface area contributed by atoms with Gasteiger partial charge in [0.2, 0.25) is 0 Å².